The number of hydrogen-bond acceptors (Lipinski definition) is 6. The summed E-state index contributed by atoms with van der Waals surface area (Å²) < 4.78 is 5.01. The molecule has 0 saturated carbocycles. The maximum atomic E-state index is 12.3. The van der Waals surface area contributed by atoms with Gasteiger partial charge in [0.25, 0.3) is 0 Å². The van der Waals surface area contributed by atoms with E-state index in [9.17, 15) is 14.4 Å². The molecule has 0 spiro atoms. The minimum absolute atomic E-state index is 0.100. The molecule has 2 amide bonds. The number of likely N-dealkylation sites (N-methyl/N-ethyl adjacent to an activating group) is 1. The molecule has 2 rings (SSSR count). The molecular weight excluding hydrogens is 306 g/mol. The van der Waals surface area contributed by atoms with Gasteiger partial charge in [0, 0.05) is 11.9 Å². The number of aryl methyl sites for hydroxylation is 1. The van der Waals surface area contributed by atoms with E-state index in [0.29, 0.717) is 10.6 Å². The van der Waals surface area contributed by atoms with Crippen molar-refractivity contribution in [1.29, 1.82) is 0 Å². The summed E-state index contributed by atoms with van der Waals surface area (Å²) in [4.78, 5) is 36.6. The number of hydrogen-bond donors (Lipinski definition) is 2. The van der Waals surface area contributed by atoms with Crippen LogP contribution in [0.15, 0.2) is 6.07 Å². The van der Waals surface area contributed by atoms with Gasteiger partial charge in [-0.2, -0.15) is 0 Å². The Kier molecular flexibility index (Phi) is 5.15. The first kappa shape index (κ1) is 16.4. The Morgan fingerprint density at radius 3 is 2.77 bits per heavy atom. The molecule has 7 nitrogen and oxygen atoms in total. The van der Waals surface area contributed by atoms with Gasteiger partial charge in [0.15, 0.2) is 0 Å². The van der Waals surface area contributed by atoms with Gasteiger partial charge in [-0.3, -0.25) is 15.0 Å². The molecule has 1 atom stereocenters. The van der Waals surface area contributed by atoms with E-state index in [1.54, 1.807) is 20.0 Å². The summed E-state index contributed by atoms with van der Waals surface area (Å²) in [5, 5.41) is 4.68. The van der Waals surface area contributed by atoms with Gasteiger partial charge >= 0.3 is 5.97 Å². The molecule has 1 saturated heterocycles. The van der Waals surface area contributed by atoms with Crippen molar-refractivity contribution in [1.82, 2.24) is 10.4 Å². The summed E-state index contributed by atoms with van der Waals surface area (Å²) in [5.41, 5.74) is 2.91. The molecule has 120 valence electrons. The lowest BCUT2D eigenvalue weighted by Gasteiger charge is -2.17. The summed E-state index contributed by atoms with van der Waals surface area (Å²) in [6, 6.07) is 1.15. The molecular formula is C14H19N3O4S. The van der Waals surface area contributed by atoms with Gasteiger partial charge in [0.05, 0.1) is 18.6 Å². The second-order valence-corrected chi connectivity index (χ2v) is 6.02. The van der Waals surface area contributed by atoms with Crippen molar-refractivity contribution in [2.45, 2.75) is 32.7 Å². The summed E-state index contributed by atoms with van der Waals surface area (Å²) in [5.74, 6) is -0.979. The number of nitrogens with one attached hydrogen (secondary N) is 2. The maximum absolute atomic E-state index is 12.3. The summed E-state index contributed by atoms with van der Waals surface area (Å²) in [6.45, 7) is 3.97. The molecule has 1 aromatic rings. The Morgan fingerprint density at radius 2 is 2.23 bits per heavy atom. The van der Waals surface area contributed by atoms with Crippen molar-refractivity contribution >= 4 is 34.1 Å². The highest BCUT2D eigenvalue weighted by molar-refractivity contribution is 7.16. The van der Waals surface area contributed by atoms with E-state index in [0.717, 1.165) is 11.3 Å². The maximum Gasteiger partial charge on any atom is 0.341 e. The molecule has 2 N–H and O–H groups in total. The second-order valence-electron chi connectivity index (χ2n) is 4.88. The second kappa shape index (κ2) is 6.89. The third kappa shape index (κ3) is 3.45. The standard InChI is InChI=1S/C14H19N3O4S/c1-4-8-6-9(14(20)21-5-2)13(22-8)15-12(19)10-7-11(18)16-17(10)3/h6,10H,4-5,7H2,1-3H3,(H,15,19)(H,16,18)/t10-/m0/s1. The van der Waals surface area contributed by atoms with Gasteiger partial charge in [-0.1, -0.05) is 6.92 Å². The van der Waals surface area contributed by atoms with Gasteiger partial charge in [-0.25, -0.2) is 9.80 Å². The number of amides is 2. The van der Waals surface area contributed by atoms with Crippen LogP contribution in [0.4, 0.5) is 5.00 Å². The van der Waals surface area contributed by atoms with Crippen molar-refractivity contribution in [3.63, 3.8) is 0 Å². The predicted molar refractivity (Wildman–Crippen MR) is 82.6 cm³/mol. The van der Waals surface area contributed by atoms with Crippen molar-refractivity contribution in [2.75, 3.05) is 19.0 Å². The van der Waals surface area contributed by atoms with Gasteiger partial charge in [0.2, 0.25) is 11.8 Å². The predicted octanol–water partition coefficient (Wildman–Crippen LogP) is 1.16. The molecule has 0 aliphatic carbocycles. The normalized spacial score (nSPS) is 18.1. The molecule has 1 aromatic heterocycles. The lowest BCUT2D eigenvalue weighted by Crippen LogP contribution is -2.41. The van der Waals surface area contributed by atoms with Crippen LogP contribution in [0.3, 0.4) is 0 Å². The van der Waals surface area contributed by atoms with Crippen LogP contribution in [0.1, 0.15) is 35.5 Å². The Hall–Kier alpha value is -1.93. The Balaban J connectivity index is 2.17. The largest absolute Gasteiger partial charge is 0.462 e. The smallest absolute Gasteiger partial charge is 0.341 e. The van der Waals surface area contributed by atoms with Crippen molar-refractivity contribution in [3.8, 4) is 0 Å². The van der Waals surface area contributed by atoms with E-state index in [1.165, 1.54) is 16.3 Å². The van der Waals surface area contributed by atoms with Crippen LogP contribution in [0.25, 0.3) is 0 Å². The van der Waals surface area contributed by atoms with E-state index in [1.807, 2.05) is 6.92 Å². The van der Waals surface area contributed by atoms with Gasteiger partial charge in [-0.15, -0.1) is 11.3 Å². The molecule has 0 radical (unpaired) electrons. The number of carbonyl (C=O) groups is 3. The number of rotatable bonds is 5. The first-order valence-electron chi connectivity index (χ1n) is 7.09. The van der Waals surface area contributed by atoms with Crippen molar-refractivity contribution in [2.24, 2.45) is 0 Å². The highest BCUT2D eigenvalue weighted by atomic mass is 32.1. The molecule has 1 fully saturated rings. The minimum atomic E-state index is -0.588. The third-order valence-electron chi connectivity index (χ3n) is 3.31. The van der Waals surface area contributed by atoms with Crippen LogP contribution >= 0.6 is 11.3 Å². The van der Waals surface area contributed by atoms with Crippen molar-refractivity contribution in [3.05, 3.63) is 16.5 Å². The van der Waals surface area contributed by atoms with Crippen LogP contribution in [-0.4, -0.2) is 42.5 Å². The quantitative estimate of drug-likeness (QED) is 0.793. The zero-order valence-corrected chi connectivity index (χ0v) is 13.6. The van der Waals surface area contributed by atoms with Crippen LogP contribution in [0.5, 0.6) is 0 Å². The molecule has 0 bridgehead atoms. The van der Waals surface area contributed by atoms with Crippen LogP contribution < -0.4 is 10.7 Å². The fraction of sp³-hybridized carbons (Fsp3) is 0.500. The van der Waals surface area contributed by atoms with E-state index >= 15 is 0 Å². The molecule has 2 heterocycles. The summed E-state index contributed by atoms with van der Waals surface area (Å²) >= 11 is 1.35. The van der Waals surface area contributed by atoms with Crippen LogP contribution in [0, 0.1) is 0 Å². The average molecular weight is 325 g/mol. The van der Waals surface area contributed by atoms with E-state index in [-0.39, 0.29) is 24.8 Å². The van der Waals surface area contributed by atoms with E-state index in [2.05, 4.69) is 10.7 Å². The Bertz CT molecular complexity index is 599. The van der Waals surface area contributed by atoms with Gasteiger partial charge in [-0.05, 0) is 19.4 Å². The number of carbonyl (C=O) groups excluding carboxylic acids is 3. The van der Waals surface area contributed by atoms with Crippen LogP contribution in [0.2, 0.25) is 0 Å². The first-order valence-corrected chi connectivity index (χ1v) is 7.90. The number of hydrazine groups is 1. The zero-order valence-electron chi connectivity index (χ0n) is 12.8. The molecule has 22 heavy (non-hydrogen) atoms. The van der Waals surface area contributed by atoms with Crippen LogP contribution in [-0.2, 0) is 20.7 Å². The number of ether oxygens (including phenoxy) is 1. The summed E-state index contributed by atoms with van der Waals surface area (Å²) in [7, 11) is 1.63. The number of esters is 1. The summed E-state index contributed by atoms with van der Waals surface area (Å²) in [6.07, 6.45) is 0.861. The highest BCUT2D eigenvalue weighted by Gasteiger charge is 2.34. The lowest BCUT2D eigenvalue weighted by molar-refractivity contribution is -0.121. The number of nitrogens with zero attached hydrogens (tertiary/aromatic N) is 1. The zero-order chi connectivity index (χ0) is 16.3. The lowest BCUT2D eigenvalue weighted by atomic mass is 10.2. The van der Waals surface area contributed by atoms with Gasteiger partial charge in [0.1, 0.15) is 11.0 Å². The van der Waals surface area contributed by atoms with Gasteiger partial charge < -0.3 is 10.1 Å². The molecule has 0 aromatic carbocycles. The van der Waals surface area contributed by atoms with Crippen molar-refractivity contribution < 1.29 is 19.1 Å². The molecule has 8 heteroatoms. The Morgan fingerprint density at radius 1 is 1.50 bits per heavy atom. The Labute approximate surface area is 132 Å². The van der Waals surface area contributed by atoms with E-state index < -0.39 is 12.0 Å². The molecule has 1 aliphatic heterocycles. The number of anilines is 1. The van der Waals surface area contributed by atoms with E-state index in [4.69, 9.17) is 4.74 Å². The number of thiophene rings is 1. The minimum Gasteiger partial charge on any atom is -0.462 e. The fourth-order valence-corrected chi connectivity index (χ4v) is 3.15. The molecule has 1 aliphatic rings. The first-order chi connectivity index (χ1) is 10.5. The topological polar surface area (TPSA) is 87.7 Å². The fourth-order valence-electron chi connectivity index (χ4n) is 2.17. The average Bonchev–Trinajstić information content (AvgIpc) is 3.02. The highest BCUT2D eigenvalue weighted by Crippen LogP contribution is 2.30. The molecule has 0 unspecified atom stereocenters. The SMILES string of the molecule is CCOC(=O)c1cc(CC)sc1NC(=O)[C@@H]1CC(=O)NN1C. The monoisotopic (exact) mass is 325 g/mol. The third-order valence-corrected chi connectivity index (χ3v) is 4.51.